The van der Waals surface area contributed by atoms with Crippen LogP contribution in [-0.2, 0) is 19.6 Å². The van der Waals surface area contributed by atoms with Crippen molar-refractivity contribution < 1.29 is 22.7 Å². The summed E-state index contributed by atoms with van der Waals surface area (Å²) in [6, 6.07) is 6.32. The number of benzene rings is 1. The maximum atomic E-state index is 12.4. The minimum atomic E-state index is -3.53. The standard InChI is InChI=1S/C17H24N2O5S/c1-3-13-8-6-7-11-19(13)16(20)12-24-17(21)14-9-4-5-10-15(14)18-25(2,22)23/h4-5,9-10,13,18H,3,6-8,11-12H2,1-2H3. The second-order valence-corrected chi connectivity index (χ2v) is 7.89. The van der Waals surface area contributed by atoms with Crippen molar-refractivity contribution in [3.8, 4) is 0 Å². The number of anilines is 1. The van der Waals surface area contributed by atoms with E-state index < -0.39 is 16.0 Å². The molecule has 1 aromatic rings. The van der Waals surface area contributed by atoms with E-state index in [1.54, 1.807) is 17.0 Å². The Labute approximate surface area is 148 Å². The molecule has 8 heteroatoms. The number of amides is 1. The van der Waals surface area contributed by atoms with Gasteiger partial charge in [0.05, 0.1) is 17.5 Å². The van der Waals surface area contributed by atoms with E-state index in [4.69, 9.17) is 4.74 Å². The van der Waals surface area contributed by atoms with E-state index in [-0.39, 0.29) is 29.8 Å². The lowest BCUT2D eigenvalue weighted by molar-refractivity contribution is -0.138. The number of hydrogen-bond acceptors (Lipinski definition) is 5. The van der Waals surface area contributed by atoms with Crippen molar-refractivity contribution in [2.45, 2.75) is 38.6 Å². The first-order chi connectivity index (χ1) is 11.8. The maximum absolute atomic E-state index is 12.4. The molecule has 0 saturated carbocycles. The number of rotatable bonds is 6. The molecule has 1 amide bonds. The summed E-state index contributed by atoms with van der Waals surface area (Å²) in [5, 5.41) is 0. The molecule has 1 aliphatic heterocycles. The van der Waals surface area contributed by atoms with Crippen molar-refractivity contribution in [1.29, 1.82) is 0 Å². The molecule has 2 rings (SSSR count). The Morgan fingerprint density at radius 1 is 1.28 bits per heavy atom. The van der Waals surface area contributed by atoms with Gasteiger partial charge in [-0.3, -0.25) is 9.52 Å². The van der Waals surface area contributed by atoms with Gasteiger partial charge in [-0.05, 0) is 37.8 Å². The molecule has 1 aliphatic rings. The molecule has 1 unspecified atom stereocenters. The average molecular weight is 368 g/mol. The van der Waals surface area contributed by atoms with Gasteiger partial charge in [-0.25, -0.2) is 13.2 Å². The van der Waals surface area contributed by atoms with Crippen LogP contribution in [0.3, 0.4) is 0 Å². The quantitative estimate of drug-likeness (QED) is 0.775. The van der Waals surface area contributed by atoms with Gasteiger partial charge >= 0.3 is 5.97 Å². The molecule has 1 N–H and O–H groups in total. The Kier molecular flexibility index (Phi) is 6.41. The number of hydrogen-bond donors (Lipinski definition) is 1. The number of nitrogens with zero attached hydrogens (tertiary/aromatic N) is 1. The van der Waals surface area contributed by atoms with Crippen molar-refractivity contribution >= 4 is 27.6 Å². The first-order valence-corrected chi connectivity index (χ1v) is 10.2. The van der Waals surface area contributed by atoms with Crippen LogP contribution in [0, 0.1) is 0 Å². The zero-order valence-electron chi connectivity index (χ0n) is 14.5. The Balaban J connectivity index is 2.02. The van der Waals surface area contributed by atoms with Crippen LogP contribution in [0.5, 0.6) is 0 Å². The van der Waals surface area contributed by atoms with E-state index in [0.29, 0.717) is 6.54 Å². The number of likely N-dealkylation sites (tertiary alicyclic amines) is 1. The third kappa shape index (κ3) is 5.45. The fraction of sp³-hybridized carbons (Fsp3) is 0.529. The lowest BCUT2D eigenvalue weighted by atomic mass is 10.00. The summed E-state index contributed by atoms with van der Waals surface area (Å²) in [5.74, 6) is -0.946. The van der Waals surface area contributed by atoms with Gasteiger partial charge in [0.2, 0.25) is 10.0 Å². The summed E-state index contributed by atoms with van der Waals surface area (Å²) in [4.78, 5) is 26.4. The molecule has 0 radical (unpaired) electrons. The zero-order chi connectivity index (χ0) is 18.4. The Morgan fingerprint density at radius 3 is 2.68 bits per heavy atom. The molecule has 1 atom stereocenters. The molecular weight excluding hydrogens is 344 g/mol. The highest BCUT2D eigenvalue weighted by Crippen LogP contribution is 2.20. The highest BCUT2D eigenvalue weighted by molar-refractivity contribution is 7.92. The summed E-state index contributed by atoms with van der Waals surface area (Å²) in [7, 11) is -3.53. The van der Waals surface area contributed by atoms with Gasteiger partial charge in [0.1, 0.15) is 0 Å². The van der Waals surface area contributed by atoms with Crippen LogP contribution in [0.2, 0.25) is 0 Å². The van der Waals surface area contributed by atoms with Crippen LogP contribution >= 0.6 is 0 Å². The molecule has 7 nitrogen and oxygen atoms in total. The minimum Gasteiger partial charge on any atom is -0.452 e. The fourth-order valence-corrected chi connectivity index (χ4v) is 3.57. The Morgan fingerprint density at radius 2 is 2.00 bits per heavy atom. The highest BCUT2D eigenvalue weighted by Gasteiger charge is 2.26. The second-order valence-electron chi connectivity index (χ2n) is 6.14. The molecule has 1 aromatic carbocycles. The molecular formula is C17H24N2O5S. The van der Waals surface area contributed by atoms with Gasteiger partial charge < -0.3 is 9.64 Å². The lowest BCUT2D eigenvalue weighted by Gasteiger charge is -2.35. The predicted octanol–water partition coefficient (Wildman–Crippen LogP) is 2.01. The number of sulfonamides is 1. The largest absolute Gasteiger partial charge is 0.452 e. The fourth-order valence-electron chi connectivity index (χ4n) is 2.99. The van der Waals surface area contributed by atoms with Gasteiger partial charge in [-0.15, -0.1) is 0 Å². The topological polar surface area (TPSA) is 92.8 Å². The van der Waals surface area contributed by atoms with Gasteiger partial charge in [0, 0.05) is 12.6 Å². The van der Waals surface area contributed by atoms with E-state index >= 15 is 0 Å². The summed E-state index contributed by atoms with van der Waals surface area (Å²) >= 11 is 0. The Bertz CT molecular complexity index is 732. The Hall–Kier alpha value is -2.09. The van der Waals surface area contributed by atoms with E-state index in [1.165, 1.54) is 12.1 Å². The molecule has 25 heavy (non-hydrogen) atoms. The SMILES string of the molecule is CCC1CCCCN1C(=O)COC(=O)c1ccccc1NS(C)(=O)=O. The number of ether oxygens (including phenoxy) is 1. The zero-order valence-corrected chi connectivity index (χ0v) is 15.3. The minimum absolute atomic E-state index is 0.0754. The summed E-state index contributed by atoms with van der Waals surface area (Å²) in [6.07, 6.45) is 4.90. The summed E-state index contributed by atoms with van der Waals surface area (Å²) in [5.41, 5.74) is 0.207. The first-order valence-electron chi connectivity index (χ1n) is 8.35. The van der Waals surface area contributed by atoms with Gasteiger partial charge in [0.15, 0.2) is 6.61 Å². The maximum Gasteiger partial charge on any atom is 0.340 e. The number of carbonyl (C=O) groups excluding carboxylic acids is 2. The second kappa shape index (κ2) is 8.33. The van der Waals surface area contributed by atoms with Crippen LogP contribution < -0.4 is 4.72 Å². The molecule has 1 heterocycles. The number of piperidine rings is 1. The number of para-hydroxylation sites is 1. The normalized spacial score (nSPS) is 17.8. The monoisotopic (exact) mass is 368 g/mol. The molecule has 0 bridgehead atoms. The van der Waals surface area contributed by atoms with Crippen molar-refractivity contribution in [1.82, 2.24) is 4.90 Å². The number of carbonyl (C=O) groups is 2. The first kappa shape index (κ1) is 19.2. The third-order valence-electron chi connectivity index (χ3n) is 4.19. The number of esters is 1. The molecule has 0 aliphatic carbocycles. The van der Waals surface area contributed by atoms with E-state index in [0.717, 1.165) is 31.9 Å². The van der Waals surface area contributed by atoms with Gasteiger partial charge in [-0.1, -0.05) is 19.1 Å². The van der Waals surface area contributed by atoms with Crippen molar-refractivity contribution in [2.75, 3.05) is 24.1 Å². The van der Waals surface area contributed by atoms with Crippen LogP contribution in [0.15, 0.2) is 24.3 Å². The molecule has 1 fully saturated rings. The third-order valence-corrected chi connectivity index (χ3v) is 4.78. The molecule has 0 spiro atoms. The van der Waals surface area contributed by atoms with Crippen molar-refractivity contribution in [3.63, 3.8) is 0 Å². The average Bonchev–Trinajstić information content (AvgIpc) is 2.58. The molecule has 1 saturated heterocycles. The van der Waals surface area contributed by atoms with E-state index in [1.807, 2.05) is 6.92 Å². The molecule has 138 valence electrons. The highest BCUT2D eigenvalue weighted by atomic mass is 32.2. The summed E-state index contributed by atoms with van der Waals surface area (Å²) < 4.78 is 30.2. The summed E-state index contributed by atoms with van der Waals surface area (Å²) in [6.45, 7) is 2.37. The van der Waals surface area contributed by atoms with Crippen LogP contribution in [0.1, 0.15) is 43.0 Å². The lowest BCUT2D eigenvalue weighted by Crippen LogP contribution is -2.45. The van der Waals surface area contributed by atoms with Gasteiger partial charge in [0.25, 0.3) is 5.91 Å². The van der Waals surface area contributed by atoms with E-state index in [2.05, 4.69) is 4.72 Å². The van der Waals surface area contributed by atoms with Crippen molar-refractivity contribution in [3.05, 3.63) is 29.8 Å². The smallest absolute Gasteiger partial charge is 0.340 e. The molecule has 0 aromatic heterocycles. The van der Waals surface area contributed by atoms with Crippen LogP contribution in [0.25, 0.3) is 0 Å². The van der Waals surface area contributed by atoms with Crippen LogP contribution in [0.4, 0.5) is 5.69 Å². The predicted molar refractivity (Wildman–Crippen MR) is 94.8 cm³/mol. The number of nitrogens with one attached hydrogen (secondary N) is 1. The van der Waals surface area contributed by atoms with E-state index in [9.17, 15) is 18.0 Å². The van der Waals surface area contributed by atoms with Gasteiger partial charge in [-0.2, -0.15) is 0 Å². The van der Waals surface area contributed by atoms with Crippen LogP contribution in [-0.4, -0.2) is 50.6 Å². The van der Waals surface area contributed by atoms with Crippen molar-refractivity contribution in [2.24, 2.45) is 0 Å².